The molecule has 0 aromatic carbocycles. The Hall–Kier alpha value is -1.23. The molecule has 94 valence electrons. The average Bonchev–Trinajstić information content (AvgIpc) is 2.36. The van der Waals surface area contributed by atoms with Gasteiger partial charge in [-0.2, -0.15) is 4.99 Å². The van der Waals surface area contributed by atoms with Crippen LogP contribution in [0.3, 0.4) is 0 Å². The standard InChI is InChI=1S/C12H19N3O2/c1-2-8(13)9-14-10(16)12(11(17)15-9)6-4-3-5-7-12/h8H,2-7,13H2,1H3,(H,14,15,16,17). The first-order chi connectivity index (χ1) is 8.10. The minimum atomic E-state index is -0.894. The fourth-order valence-electron chi connectivity index (χ4n) is 2.54. The zero-order chi connectivity index (χ0) is 12.5. The molecular formula is C12H19N3O2. The number of nitrogens with zero attached hydrogens (tertiary/aromatic N) is 1. The van der Waals surface area contributed by atoms with Crippen molar-refractivity contribution >= 4 is 17.6 Å². The molecule has 0 bridgehead atoms. The minimum Gasteiger partial charge on any atom is -0.321 e. The van der Waals surface area contributed by atoms with Gasteiger partial charge in [0.15, 0.2) is 0 Å². The van der Waals surface area contributed by atoms with Crippen LogP contribution in [-0.2, 0) is 9.59 Å². The van der Waals surface area contributed by atoms with E-state index in [1.165, 1.54) is 0 Å². The van der Waals surface area contributed by atoms with Crippen molar-refractivity contribution in [1.29, 1.82) is 0 Å². The number of hydrogen-bond acceptors (Lipinski definition) is 3. The lowest BCUT2D eigenvalue weighted by molar-refractivity contribution is -0.144. The number of hydrogen-bond donors (Lipinski definition) is 2. The van der Waals surface area contributed by atoms with E-state index in [1.54, 1.807) is 0 Å². The van der Waals surface area contributed by atoms with Crippen LogP contribution in [0, 0.1) is 5.41 Å². The van der Waals surface area contributed by atoms with Crippen molar-refractivity contribution in [2.24, 2.45) is 16.1 Å². The Kier molecular flexibility index (Phi) is 3.28. The molecule has 0 aromatic heterocycles. The molecule has 0 radical (unpaired) electrons. The number of rotatable bonds is 2. The zero-order valence-electron chi connectivity index (χ0n) is 10.2. The van der Waals surface area contributed by atoms with Gasteiger partial charge in [0.05, 0.1) is 6.04 Å². The van der Waals surface area contributed by atoms with E-state index in [-0.39, 0.29) is 17.9 Å². The van der Waals surface area contributed by atoms with Crippen LogP contribution in [-0.4, -0.2) is 23.7 Å². The molecule has 0 saturated heterocycles. The highest BCUT2D eigenvalue weighted by molar-refractivity contribution is 6.19. The van der Waals surface area contributed by atoms with Crippen molar-refractivity contribution in [3.8, 4) is 0 Å². The minimum absolute atomic E-state index is 0.198. The summed E-state index contributed by atoms with van der Waals surface area (Å²) < 4.78 is 0. The molecule has 2 rings (SSSR count). The molecule has 1 aliphatic heterocycles. The summed E-state index contributed by atoms with van der Waals surface area (Å²) in [6, 6.07) is -0.358. The Balaban J connectivity index is 2.26. The number of nitrogens with one attached hydrogen (secondary N) is 1. The Morgan fingerprint density at radius 2 is 2.00 bits per heavy atom. The second kappa shape index (κ2) is 4.56. The number of amidine groups is 1. The third-order valence-electron chi connectivity index (χ3n) is 3.81. The van der Waals surface area contributed by atoms with Gasteiger partial charge in [0, 0.05) is 0 Å². The smallest absolute Gasteiger partial charge is 0.263 e. The summed E-state index contributed by atoms with van der Waals surface area (Å²) in [5, 5.41) is 2.72. The van der Waals surface area contributed by atoms with Gasteiger partial charge < -0.3 is 11.1 Å². The van der Waals surface area contributed by atoms with Crippen LogP contribution in [0.25, 0.3) is 0 Å². The van der Waals surface area contributed by atoms with E-state index < -0.39 is 5.41 Å². The normalized spacial score (nSPS) is 25.4. The van der Waals surface area contributed by atoms with E-state index in [9.17, 15) is 9.59 Å². The Bertz CT molecular complexity index is 370. The van der Waals surface area contributed by atoms with Crippen LogP contribution < -0.4 is 11.1 Å². The predicted octanol–water partition coefficient (Wildman–Crippen LogP) is 0.729. The van der Waals surface area contributed by atoms with Crippen LogP contribution in [0.1, 0.15) is 45.4 Å². The SMILES string of the molecule is CCC(N)C1=NC(=O)C2(CCCCC2)C(=O)N1. The van der Waals surface area contributed by atoms with Crippen molar-refractivity contribution in [1.82, 2.24) is 5.32 Å². The molecule has 17 heavy (non-hydrogen) atoms. The first-order valence-corrected chi connectivity index (χ1v) is 6.30. The molecule has 3 N–H and O–H groups in total. The van der Waals surface area contributed by atoms with Crippen molar-refractivity contribution in [3.63, 3.8) is 0 Å². The lowest BCUT2D eigenvalue weighted by Gasteiger charge is -2.36. The zero-order valence-corrected chi connectivity index (χ0v) is 10.2. The monoisotopic (exact) mass is 237 g/mol. The van der Waals surface area contributed by atoms with E-state index in [0.717, 1.165) is 19.3 Å². The molecular weight excluding hydrogens is 218 g/mol. The fourth-order valence-corrected chi connectivity index (χ4v) is 2.54. The maximum absolute atomic E-state index is 12.1. The summed E-state index contributed by atoms with van der Waals surface area (Å²) >= 11 is 0. The van der Waals surface area contributed by atoms with Gasteiger partial charge in [-0.05, 0) is 19.3 Å². The first kappa shape index (κ1) is 12.2. The summed E-state index contributed by atoms with van der Waals surface area (Å²) in [7, 11) is 0. The number of amides is 2. The van der Waals surface area contributed by atoms with Gasteiger partial charge in [0.2, 0.25) is 5.91 Å². The van der Waals surface area contributed by atoms with Gasteiger partial charge >= 0.3 is 0 Å². The topological polar surface area (TPSA) is 84.5 Å². The molecule has 0 aromatic rings. The van der Waals surface area contributed by atoms with E-state index in [2.05, 4.69) is 10.3 Å². The Morgan fingerprint density at radius 3 is 2.53 bits per heavy atom. The quantitative estimate of drug-likeness (QED) is 0.694. The second-order valence-corrected chi connectivity index (χ2v) is 4.91. The second-order valence-electron chi connectivity index (χ2n) is 4.91. The van der Waals surface area contributed by atoms with Gasteiger partial charge in [-0.15, -0.1) is 0 Å². The predicted molar refractivity (Wildman–Crippen MR) is 64.4 cm³/mol. The van der Waals surface area contributed by atoms with E-state index >= 15 is 0 Å². The number of nitrogens with two attached hydrogens (primary N) is 1. The maximum atomic E-state index is 12.1. The Morgan fingerprint density at radius 1 is 1.35 bits per heavy atom. The van der Waals surface area contributed by atoms with Crippen LogP contribution in [0.15, 0.2) is 4.99 Å². The van der Waals surface area contributed by atoms with Crippen molar-refractivity contribution in [2.45, 2.75) is 51.5 Å². The number of aliphatic imine (C=N–C) groups is 1. The van der Waals surface area contributed by atoms with Gasteiger partial charge in [-0.3, -0.25) is 9.59 Å². The highest BCUT2D eigenvalue weighted by Crippen LogP contribution is 2.39. The van der Waals surface area contributed by atoms with E-state index in [4.69, 9.17) is 5.73 Å². The number of carbonyl (C=O) groups is 2. The fraction of sp³-hybridized carbons (Fsp3) is 0.750. The van der Waals surface area contributed by atoms with E-state index in [0.29, 0.717) is 25.1 Å². The molecule has 1 heterocycles. The Labute approximate surface area is 101 Å². The summed E-state index contributed by atoms with van der Waals surface area (Å²) in [4.78, 5) is 28.3. The van der Waals surface area contributed by atoms with Gasteiger partial charge in [0.1, 0.15) is 11.3 Å². The molecule has 5 nitrogen and oxygen atoms in total. The highest BCUT2D eigenvalue weighted by atomic mass is 16.2. The van der Waals surface area contributed by atoms with Gasteiger partial charge in [-0.1, -0.05) is 26.2 Å². The highest BCUT2D eigenvalue weighted by Gasteiger charge is 2.49. The third kappa shape index (κ3) is 1.99. The molecule has 1 spiro atoms. The lowest BCUT2D eigenvalue weighted by Crippen LogP contribution is -2.57. The molecule has 5 heteroatoms. The molecule has 2 aliphatic rings. The van der Waals surface area contributed by atoms with Crippen LogP contribution in [0.4, 0.5) is 0 Å². The summed E-state index contributed by atoms with van der Waals surface area (Å²) in [5.41, 5.74) is 4.90. The van der Waals surface area contributed by atoms with Crippen molar-refractivity contribution < 1.29 is 9.59 Å². The molecule has 2 amide bonds. The summed E-state index contributed by atoms with van der Waals surface area (Å²) in [6.45, 7) is 1.90. The number of carbonyl (C=O) groups excluding carboxylic acids is 2. The van der Waals surface area contributed by atoms with Gasteiger partial charge in [-0.25, -0.2) is 0 Å². The molecule has 1 saturated carbocycles. The largest absolute Gasteiger partial charge is 0.321 e. The molecule has 1 aliphatic carbocycles. The van der Waals surface area contributed by atoms with Gasteiger partial charge in [0.25, 0.3) is 5.91 Å². The van der Waals surface area contributed by atoms with Crippen LogP contribution in [0.5, 0.6) is 0 Å². The lowest BCUT2D eigenvalue weighted by atomic mass is 9.72. The summed E-state index contributed by atoms with van der Waals surface area (Å²) in [6.07, 6.45) is 4.83. The van der Waals surface area contributed by atoms with E-state index in [1.807, 2.05) is 6.92 Å². The third-order valence-corrected chi connectivity index (χ3v) is 3.81. The molecule has 1 fully saturated rings. The summed E-state index contributed by atoms with van der Waals surface area (Å²) in [5.74, 6) is -0.158. The van der Waals surface area contributed by atoms with Crippen molar-refractivity contribution in [3.05, 3.63) is 0 Å². The van der Waals surface area contributed by atoms with Crippen LogP contribution >= 0.6 is 0 Å². The van der Waals surface area contributed by atoms with Crippen molar-refractivity contribution in [2.75, 3.05) is 0 Å². The van der Waals surface area contributed by atoms with Crippen LogP contribution in [0.2, 0.25) is 0 Å². The molecule has 1 unspecified atom stereocenters. The maximum Gasteiger partial charge on any atom is 0.263 e. The molecule has 1 atom stereocenters. The average molecular weight is 237 g/mol. The first-order valence-electron chi connectivity index (χ1n) is 6.30.